The van der Waals surface area contributed by atoms with Gasteiger partial charge in [-0.3, -0.25) is 0 Å². The molecule has 0 saturated carbocycles. The predicted molar refractivity (Wildman–Crippen MR) is 57.0 cm³/mol. The summed E-state index contributed by atoms with van der Waals surface area (Å²) in [6.45, 7) is 0. The number of aliphatic hydroxyl groups is 1. The van der Waals surface area contributed by atoms with Crippen molar-refractivity contribution in [3.63, 3.8) is 0 Å². The lowest BCUT2D eigenvalue weighted by molar-refractivity contribution is 0.169. The topological polar surface area (TPSA) is 20.2 Å². The van der Waals surface area contributed by atoms with Crippen LogP contribution in [-0.4, -0.2) is 5.11 Å². The summed E-state index contributed by atoms with van der Waals surface area (Å²) in [7, 11) is 0. The van der Waals surface area contributed by atoms with Gasteiger partial charge >= 0.3 is 0 Å². The molecule has 0 aliphatic rings. The van der Waals surface area contributed by atoms with E-state index in [1.54, 1.807) is 6.07 Å². The van der Waals surface area contributed by atoms with Crippen LogP contribution in [0.2, 0.25) is 4.34 Å². The van der Waals surface area contributed by atoms with Crippen LogP contribution in [0.1, 0.15) is 30.2 Å². The van der Waals surface area contributed by atoms with E-state index in [2.05, 4.69) is 5.92 Å². The fraction of sp³-hybridized carbons (Fsp3) is 0.400. The smallest absolute Gasteiger partial charge is 0.0932 e. The first-order valence-corrected chi connectivity index (χ1v) is 5.30. The summed E-state index contributed by atoms with van der Waals surface area (Å²) in [6, 6.07) is 3.65. The molecule has 0 saturated heterocycles. The van der Waals surface area contributed by atoms with E-state index in [0.29, 0.717) is 10.8 Å². The second-order valence-electron chi connectivity index (χ2n) is 2.75. The van der Waals surface area contributed by atoms with Gasteiger partial charge in [0.1, 0.15) is 0 Å². The molecule has 1 atom stereocenters. The van der Waals surface area contributed by atoms with Crippen LogP contribution < -0.4 is 0 Å². The lowest BCUT2D eigenvalue weighted by atomic mass is 10.1. The average molecular weight is 215 g/mol. The van der Waals surface area contributed by atoms with E-state index in [1.165, 1.54) is 11.3 Å². The molecule has 0 radical (unpaired) electrons. The first-order valence-electron chi connectivity index (χ1n) is 4.11. The molecule has 1 nitrogen and oxygen atoms in total. The molecule has 0 aliphatic heterocycles. The maximum absolute atomic E-state index is 9.64. The summed E-state index contributed by atoms with van der Waals surface area (Å²) < 4.78 is 0.714. The number of terminal acetylenes is 1. The Kier molecular flexibility index (Phi) is 4.31. The summed E-state index contributed by atoms with van der Waals surface area (Å²) >= 11 is 7.16. The molecular weight excluding hydrogens is 204 g/mol. The first kappa shape index (κ1) is 10.6. The number of hydrogen-bond acceptors (Lipinski definition) is 2. The third-order valence-electron chi connectivity index (χ3n) is 1.72. The molecule has 0 bridgehead atoms. The molecule has 3 heteroatoms. The number of halogens is 1. The van der Waals surface area contributed by atoms with Gasteiger partial charge in [0.2, 0.25) is 0 Å². The van der Waals surface area contributed by atoms with Crippen molar-refractivity contribution in [2.75, 3.05) is 0 Å². The molecule has 0 aliphatic carbocycles. The van der Waals surface area contributed by atoms with Crippen molar-refractivity contribution >= 4 is 22.9 Å². The van der Waals surface area contributed by atoms with E-state index >= 15 is 0 Å². The van der Waals surface area contributed by atoms with Gasteiger partial charge in [0.15, 0.2) is 0 Å². The third kappa shape index (κ3) is 3.40. The maximum atomic E-state index is 9.64. The van der Waals surface area contributed by atoms with Crippen molar-refractivity contribution in [1.82, 2.24) is 0 Å². The Labute approximate surface area is 87.4 Å². The molecule has 0 amide bonds. The molecule has 0 spiro atoms. The SMILES string of the molecule is C#CCCCC(O)c1ccc(Cl)s1. The van der Waals surface area contributed by atoms with Gasteiger partial charge in [-0.25, -0.2) is 0 Å². The fourth-order valence-corrected chi connectivity index (χ4v) is 2.13. The Hall–Kier alpha value is -0.490. The van der Waals surface area contributed by atoms with Gasteiger partial charge in [-0.15, -0.1) is 23.7 Å². The normalized spacial score (nSPS) is 12.4. The van der Waals surface area contributed by atoms with Gasteiger partial charge in [-0.1, -0.05) is 11.6 Å². The molecule has 0 aromatic carbocycles. The molecule has 70 valence electrons. The first-order chi connectivity index (χ1) is 6.24. The van der Waals surface area contributed by atoms with Crippen molar-refractivity contribution in [1.29, 1.82) is 0 Å². The van der Waals surface area contributed by atoms with E-state index in [1.807, 2.05) is 6.07 Å². The second-order valence-corrected chi connectivity index (χ2v) is 4.50. The lowest BCUT2D eigenvalue weighted by Crippen LogP contribution is -1.93. The van der Waals surface area contributed by atoms with Gasteiger partial charge in [0.05, 0.1) is 10.4 Å². The van der Waals surface area contributed by atoms with E-state index < -0.39 is 6.10 Å². The Bertz CT molecular complexity index is 300. The highest BCUT2D eigenvalue weighted by molar-refractivity contribution is 7.16. The molecule has 13 heavy (non-hydrogen) atoms. The monoisotopic (exact) mass is 214 g/mol. The number of aliphatic hydroxyl groups excluding tert-OH is 1. The zero-order valence-corrected chi connectivity index (χ0v) is 8.74. The van der Waals surface area contributed by atoms with Gasteiger partial charge in [-0.05, 0) is 25.0 Å². The van der Waals surface area contributed by atoms with Crippen LogP contribution in [0.4, 0.5) is 0 Å². The van der Waals surface area contributed by atoms with Gasteiger partial charge in [0, 0.05) is 11.3 Å². The van der Waals surface area contributed by atoms with Crippen LogP contribution in [0.15, 0.2) is 12.1 Å². The second kappa shape index (κ2) is 5.29. The van der Waals surface area contributed by atoms with Crippen molar-refractivity contribution in [3.8, 4) is 12.3 Å². The van der Waals surface area contributed by atoms with Gasteiger partial charge < -0.3 is 5.11 Å². The Morgan fingerprint density at radius 3 is 2.92 bits per heavy atom. The summed E-state index contributed by atoms with van der Waals surface area (Å²) in [5, 5.41) is 9.64. The lowest BCUT2D eigenvalue weighted by Gasteiger charge is -2.05. The molecule has 0 fully saturated rings. The number of rotatable bonds is 4. The zero-order valence-electron chi connectivity index (χ0n) is 7.16. The summed E-state index contributed by atoms with van der Waals surface area (Å²) in [5.41, 5.74) is 0. The molecule has 1 aromatic rings. The van der Waals surface area contributed by atoms with Crippen LogP contribution in [0.5, 0.6) is 0 Å². The molecule has 1 N–H and O–H groups in total. The number of unbranched alkanes of at least 4 members (excludes halogenated alkanes) is 1. The molecule has 1 heterocycles. The average Bonchev–Trinajstić information content (AvgIpc) is 2.52. The van der Waals surface area contributed by atoms with Crippen molar-refractivity contribution in [3.05, 3.63) is 21.3 Å². The quantitative estimate of drug-likeness (QED) is 0.603. The minimum atomic E-state index is -0.411. The van der Waals surface area contributed by atoms with Crippen LogP contribution >= 0.6 is 22.9 Å². The Morgan fingerprint density at radius 2 is 2.38 bits per heavy atom. The van der Waals surface area contributed by atoms with Crippen molar-refractivity contribution in [2.24, 2.45) is 0 Å². The highest BCUT2D eigenvalue weighted by atomic mass is 35.5. The maximum Gasteiger partial charge on any atom is 0.0932 e. The molecule has 1 rings (SSSR count). The van der Waals surface area contributed by atoms with Crippen molar-refractivity contribution < 1.29 is 5.11 Å². The van der Waals surface area contributed by atoms with Crippen molar-refractivity contribution in [2.45, 2.75) is 25.4 Å². The summed E-state index contributed by atoms with van der Waals surface area (Å²) in [5.74, 6) is 2.55. The van der Waals surface area contributed by atoms with Crippen LogP contribution in [0.3, 0.4) is 0 Å². The molecule has 1 aromatic heterocycles. The van der Waals surface area contributed by atoms with Gasteiger partial charge in [-0.2, -0.15) is 0 Å². The van der Waals surface area contributed by atoms with Crippen LogP contribution in [-0.2, 0) is 0 Å². The molecule has 1 unspecified atom stereocenters. The largest absolute Gasteiger partial charge is 0.388 e. The third-order valence-corrected chi connectivity index (χ3v) is 3.05. The van der Waals surface area contributed by atoms with Crippen LogP contribution in [0, 0.1) is 12.3 Å². The Balaban J connectivity index is 2.40. The summed E-state index contributed by atoms with van der Waals surface area (Å²) in [6.07, 6.45) is 6.98. The highest BCUT2D eigenvalue weighted by Gasteiger charge is 2.08. The number of thiophene rings is 1. The fourth-order valence-electron chi connectivity index (χ4n) is 1.05. The zero-order chi connectivity index (χ0) is 9.68. The standard InChI is InChI=1S/C10H11ClOS/c1-2-3-4-5-8(12)9-6-7-10(11)13-9/h1,6-8,12H,3-5H2. The molecular formula is C10H11ClOS. The minimum Gasteiger partial charge on any atom is -0.388 e. The van der Waals surface area contributed by atoms with E-state index in [0.717, 1.165) is 17.7 Å². The Morgan fingerprint density at radius 1 is 1.62 bits per heavy atom. The van der Waals surface area contributed by atoms with E-state index in [4.69, 9.17) is 18.0 Å². The van der Waals surface area contributed by atoms with Crippen LogP contribution in [0.25, 0.3) is 0 Å². The number of hydrogen-bond donors (Lipinski definition) is 1. The van der Waals surface area contributed by atoms with Gasteiger partial charge in [0.25, 0.3) is 0 Å². The minimum absolute atomic E-state index is 0.411. The van der Waals surface area contributed by atoms with E-state index in [-0.39, 0.29) is 0 Å². The highest BCUT2D eigenvalue weighted by Crippen LogP contribution is 2.29. The summed E-state index contributed by atoms with van der Waals surface area (Å²) in [4.78, 5) is 0.919. The predicted octanol–water partition coefficient (Wildman–Crippen LogP) is 3.24. The van der Waals surface area contributed by atoms with E-state index in [9.17, 15) is 5.11 Å².